The molecule has 0 aliphatic carbocycles. The van der Waals surface area contributed by atoms with Gasteiger partial charge in [0.05, 0.1) is 18.3 Å². The minimum Gasteiger partial charge on any atom is -0.492 e. The highest BCUT2D eigenvalue weighted by Crippen LogP contribution is 2.27. The first-order valence-electron chi connectivity index (χ1n) is 6.07. The second kappa shape index (κ2) is 5.19. The van der Waals surface area contributed by atoms with Crippen LogP contribution in [0.15, 0.2) is 48.8 Å². The molecule has 0 aliphatic rings. The Bertz CT molecular complexity index is 509. The number of nitrogens with two attached hydrogens (primary N) is 1. The van der Waals surface area contributed by atoms with Crippen LogP contribution >= 0.6 is 0 Å². The highest BCUT2D eigenvalue weighted by atomic mass is 16.5. The Morgan fingerprint density at radius 2 is 1.89 bits per heavy atom. The quantitative estimate of drug-likeness (QED) is 0.896. The predicted molar refractivity (Wildman–Crippen MR) is 72.5 cm³/mol. The third-order valence-electron chi connectivity index (χ3n) is 3.00. The van der Waals surface area contributed by atoms with Gasteiger partial charge in [0.15, 0.2) is 0 Å². The zero-order valence-corrected chi connectivity index (χ0v) is 10.8. The molecule has 1 atom stereocenters. The van der Waals surface area contributed by atoms with Crippen LogP contribution in [0, 0.1) is 0 Å². The summed E-state index contributed by atoms with van der Waals surface area (Å²) >= 11 is 0. The number of hydrogen-bond donors (Lipinski definition) is 1. The molecule has 0 radical (unpaired) electrons. The normalized spacial score (nSPS) is 13.9. The van der Waals surface area contributed by atoms with Gasteiger partial charge in [0, 0.05) is 6.20 Å². The summed E-state index contributed by atoms with van der Waals surface area (Å²) in [5.74, 6) is 0.752. The molecule has 0 saturated carbocycles. The highest BCUT2D eigenvalue weighted by molar-refractivity contribution is 5.38. The molecule has 0 bridgehead atoms. The van der Waals surface area contributed by atoms with Gasteiger partial charge in [0.1, 0.15) is 5.75 Å². The van der Waals surface area contributed by atoms with Gasteiger partial charge in [-0.1, -0.05) is 30.3 Å². The van der Waals surface area contributed by atoms with Crippen molar-refractivity contribution in [2.75, 3.05) is 6.61 Å². The zero-order valence-electron chi connectivity index (χ0n) is 10.8. The van der Waals surface area contributed by atoms with Crippen molar-refractivity contribution in [1.82, 2.24) is 4.98 Å². The van der Waals surface area contributed by atoms with Gasteiger partial charge in [-0.15, -0.1) is 0 Å². The molecule has 0 aliphatic heterocycles. The zero-order chi connectivity index (χ0) is 13.0. The molecule has 2 aromatic rings. The van der Waals surface area contributed by atoms with Gasteiger partial charge in [-0.05, 0) is 31.0 Å². The van der Waals surface area contributed by atoms with Gasteiger partial charge in [-0.25, -0.2) is 0 Å². The summed E-state index contributed by atoms with van der Waals surface area (Å²) in [5.41, 5.74) is 7.86. The Labute approximate surface area is 108 Å². The lowest BCUT2D eigenvalue weighted by molar-refractivity contribution is 0.337. The number of nitrogens with zero attached hydrogens (tertiary/aromatic N) is 1. The molecular weight excluding hydrogens is 224 g/mol. The van der Waals surface area contributed by atoms with Gasteiger partial charge in [-0.3, -0.25) is 4.98 Å². The standard InChI is InChI=1S/C15H18N2O/c1-3-18-14-9-13(10-17-11-14)15(2,16)12-7-5-4-6-8-12/h4-11H,3,16H2,1-2H3. The fourth-order valence-corrected chi connectivity index (χ4v) is 1.90. The molecule has 0 fully saturated rings. The molecule has 1 aromatic heterocycles. The second-order valence-electron chi connectivity index (χ2n) is 4.41. The van der Waals surface area contributed by atoms with Gasteiger partial charge < -0.3 is 10.5 Å². The van der Waals surface area contributed by atoms with Crippen LogP contribution in [0.1, 0.15) is 25.0 Å². The lowest BCUT2D eigenvalue weighted by Crippen LogP contribution is -2.34. The molecule has 2 rings (SSSR count). The van der Waals surface area contributed by atoms with Crippen LogP contribution in [0.25, 0.3) is 0 Å². The molecule has 0 amide bonds. The number of hydrogen-bond acceptors (Lipinski definition) is 3. The predicted octanol–water partition coefficient (Wildman–Crippen LogP) is 2.70. The average molecular weight is 242 g/mol. The number of rotatable bonds is 4. The van der Waals surface area contributed by atoms with Crippen LogP contribution in [0.3, 0.4) is 0 Å². The fourth-order valence-electron chi connectivity index (χ4n) is 1.90. The Balaban J connectivity index is 2.38. The van der Waals surface area contributed by atoms with Crippen molar-refractivity contribution < 1.29 is 4.74 Å². The van der Waals surface area contributed by atoms with E-state index < -0.39 is 5.54 Å². The summed E-state index contributed by atoms with van der Waals surface area (Å²) in [7, 11) is 0. The largest absolute Gasteiger partial charge is 0.492 e. The molecular formula is C15H18N2O. The number of pyridine rings is 1. The first-order chi connectivity index (χ1) is 8.64. The minimum absolute atomic E-state index is 0.568. The molecule has 18 heavy (non-hydrogen) atoms. The number of aromatic nitrogens is 1. The van der Waals surface area contributed by atoms with E-state index in [-0.39, 0.29) is 0 Å². The summed E-state index contributed by atoms with van der Waals surface area (Å²) in [5, 5.41) is 0. The second-order valence-corrected chi connectivity index (χ2v) is 4.41. The first kappa shape index (κ1) is 12.6. The van der Waals surface area contributed by atoms with Crippen molar-refractivity contribution in [3.63, 3.8) is 0 Å². The van der Waals surface area contributed by atoms with Crippen molar-refractivity contribution in [3.8, 4) is 5.75 Å². The monoisotopic (exact) mass is 242 g/mol. The SMILES string of the molecule is CCOc1cncc(C(C)(N)c2ccccc2)c1. The third kappa shape index (κ3) is 2.51. The van der Waals surface area contributed by atoms with Gasteiger partial charge in [-0.2, -0.15) is 0 Å². The summed E-state index contributed by atoms with van der Waals surface area (Å²) in [6.45, 7) is 4.55. The maximum atomic E-state index is 6.43. The van der Waals surface area contributed by atoms with E-state index in [4.69, 9.17) is 10.5 Å². The summed E-state index contributed by atoms with van der Waals surface area (Å²) in [6, 6.07) is 11.9. The van der Waals surface area contributed by atoms with Crippen LogP contribution < -0.4 is 10.5 Å². The molecule has 0 saturated heterocycles. The maximum absolute atomic E-state index is 6.43. The number of ether oxygens (including phenoxy) is 1. The van der Waals surface area contributed by atoms with Crippen molar-refractivity contribution in [3.05, 3.63) is 59.9 Å². The highest BCUT2D eigenvalue weighted by Gasteiger charge is 2.24. The van der Waals surface area contributed by atoms with E-state index in [1.54, 1.807) is 12.4 Å². The molecule has 0 spiro atoms. The summed E-state index contributed by atoms with van der Waals surface area (Å²) < 4.78 is 5.46. The topological polar surface area (TPSA) is 48.1 Å². The minimum atomic E-state index is -0.568. The molecule has 3 nitrogen and oxygen atoms in total. The Morgan fingerprint density at radius 1 is 1.17 bits per heavy atom. The van der Waals surface area contributed by atoms with Crippen molar-refractivity contribution in [2.45, 2.75) is 19.4 Å². The Morgan fingerprint density at radius 3 is 2.56 bits per heavy atom. The maximum Gasteiger partial charge on any atom is 0.137 e. The lowest BCUT2D eigenvalue weighted by Gasteiger charge is -2.25. The Kier molecular flexibility index (Phi) is 3.63. The number of benzene rings is 1. The molecule has 1 heterocycles. The van der Waals surface area contributed by atoms with E-state index in [1.165, 1.54) is 0 Å². The molecule has 2 N–H and O–H groups in total. The Hall–Kier alpha value is -1.87. The van der Waals surface area contributed by atoms with Crippen molar-refractivity contribution in [1.29, 1.82) is 0 Å². The van der Waals surface area contributed by atoms with E-state index in [2.05, 4.69) is 4.98 Å². The van der Waals surface area contributed by atoms with Crippen molar-refractivity contribution in [2.24, 2.45) is 5.73 Å². The summed E-state index contributed by atoms with van der Waals surface area (Å²) in [4.78, 5) is 4.19. The van der Waals surface area contributed by atoms with Crippen LogP contribution in [0.5, 0.6) is 5.75 Å². The molecule has 1 unspecified atom stereocenters. The van der Waals surface area contributed by atoms with E-state index in [0.29, 0.717) is 6.61 Å². The van der Waals surface area contributed by atoms with Crippen molar-refractivity contribution >= 4 is 0 Å². The van der Waals surface area contributed by atoms with Crippen LogP contribution in [0.2, 0.25) is 0 Å². The van der Waals surface area contributed by atoms with E-state index in [1.807, 2.05) is 50.2 Å². The van der Waals surface area contributed by atoms with Crippen LogP contribution in [-0.4, -0.2) is 11.6 Å². The smallest absolute Gasteiger partial charge is 0.137 e. The lowest BCUT2D eigenvalue weighted by atomic mass is 9.87. The van der Waals surface area contributed by atoms with Gasteiger partial charge in [0.2, 0.25) is 0 Å². The molecule has 1 aromatic carbocycles. The molecule has 94 valence electrons. The molecule has 3 heteroatoms. The van der Waals surface area contributed by atoms with E-state index in [0.717, 1.165) is 16.9 Å². The van der Waals surface area contributed by atoms with Gasteiger partial charge >= 0.3 is 0 Å². The summed E-state index contributed by atoms with van der Waals surface area (Å²) in [6.07, 6.45) is 3.49. The first-order valence-corrected chi connectivity index (χ1v) is 6.07. The van der Waals surface area contributed by atoms with Crippen LogP contribution in [0.4, 0.5) is 0 Å². The van der Waals surface area contributed by atoms with Gasteiger partial charge in [0.25, 0.3) is 0 Å². The average Bonchev–Trinajstić information content (AvgIpc) is 2.40. The van der Waals surface area contributed by atoms with Crippen LogP contribution in [-0.2, 0) is 5.54 Å². The van der Waals surface area contributed by atoms with E-state index in [9.17, 15) is 0 Å². The fraction of sp³-hybridized carbons (Fsp3) is 0.267. The third-order valence-corrected chi connectivity index (χ3v) is 3.00. The van der Waals surface area contributed by atoms with E-state index >= 15 is 0 Å².